The summed E-state index contributed by atoms with van der Waals surface area (Å²) in [6, 6.07) is 19.0. The van der Waals surface area contributed by atoms with Crippen molar-refractivity contribution >= 4 is 39.1 Å². The van der Waals surface area contributed by atoms with Crippen LogP contribution in [0.4, 0.5) is 5.69 Å². The van der Waals surface area contributed by atoms with E-state index < -0.39 is 34.1 Å². The van der Waals surface area contributed by atoms with Crippen molar-refractivity contribution in [3.8, 4) is 5.75 Å². The second-order valence-electron chi connectivity index (χ2n) is 10.8. The molecule has 3 aromatic rings. The van der Waals surface area contributed by atoms with E-state index in [-0.39, 0.29) is 23.0 Å². The highest BCUT2D eigenvalue weighted by atomic mass is 35.5. The first-order valence-corrected chi connectivity index (χ1v) is 15.2. The second-order valence-corrected chi connectivity index (χ2v) is 13.1. The molecule has 0 spiro atoms. The maximum atomic E-state index is 14.0. The maximum Gasteiger partial charge on any atom is 0.264 e. The van der Waals surface area contributed by atoms with Crippen molar-refractivity contribution in [2.24, 2.45) is 0 Å². The van der Waals surface area contributed by atoms with Crippen molar-refractivity contribution < 1.29 is 22.7 Å². The zero-order valence-corrected chi connectivity index (χ0v) is 25.9. The van der Waals surface area contributed by atoms with Gasteiger partial charge in [-0.05, 0) is 95.6 Å². The number of carbonyl (C=O) groups excluding carboxylic acids is 2. The molecule has 0 aliphatic heterocycles. The summed E-state index contributed by atoms with van der Waals surface area (Å²) in [7, 11) is -4.19. The fourth-order valence-corrected chi connectivity index (χ4v) is 5.74. The Labute approximate surface area is 248 Å². The third kappa shape index (κ3) is 8.71. The van der Waals surface area contributed by atoms with Gasteiger partial charge in [0.15, 0.2) is 0 Å². The normalized spacial score (nSPS) is 12.4. The topological polar surface area (TPSA) is 96.0 Å². The molecule has 0 bridgehead atoms. The zero-order chi connectivity index (χ0) is 30.4. The number of sulfonamides is 1. The van der Waals surface area contributed by atoms with Gasteiger partial charge in [-0.15, -0.1) is 0 Å². The fraction of sp³-hybridized carbons (Fsp3) is 0.355. The number of benzene rings is 3. The van der Waals surface area contributed by atoms with Gasteiger partial charge in [-0.25, -0.2) is 8.42 Å². The number of nitrogens with zero attached hydrogens (tertiary/aromatic N) is 2. The first kappa shape index (κ1) is 32.0. The highest BCUT2D eigenvalue weighted by molar-refractivity contribution is 7.92. The minimum absolute atomic E-state index is 0.0210. The van der Waals surface area contributed by atoms with Crippen molar-refractivity contribution in [3.63, 3.8) is 0 Å². The summed E-state index contributed by atoms with van der Waals surface area (Å²) in [6.45, 7) is 11.1. The molecule has 1 atom stereocenters. The van der Waals surface area contributed by atoms with Crippen LogP contribution in [0, 0.1) is 6.92 Å². The van der Waals surface area contributed by atoms with Crippen LogP contribution in [0.1, 0.15) is 45.7 Å². The lowest BCUT2D eigenvalue weighted by atomic mass is 10.1. The Morgan fingerprint density at radius 2 is 1.63 bits per heavy atom. The van der Waals surface area contributed by atoms with E-state index in [2.05, 4.69) is 5.32 Å². The van der Waals surface area contributed by atoms with Crippen LogP contribution in [-0.4, -0.2) is 49.9 Å². The standard InChI is InChI=1S/C31H38ClN3O5S/c1-7-40-27-15-13-26(14-16-27)35(41(38,39)28-17-11-25(32)12-18-28)21-29(36)34(20-24-10-8-9-22(2)19-24)23(3)30(37)33-31(4,5)6/h8-19,23H,7,20-21H2,1-6H3,(H,33,37). The molecule has 8 nitrogen and oxygen atoms in total. The van der Waals surface area contributed by atoms with E-state index in [9.17, 15) is 18.0 Å². The lowest BCUT2D eigenvalue weighted by molar-refractivity contribution is -0.140. The van der Waals surface area contributed by atoms with Gasteiger partial charge in [0.25, 0.3) is 10.0 Å². The van der Waals surface area contributed by atoms with Crippen LogP contribution in [0.3, 0.4) is 0 Å². The monoisotopic (exact) mass is 599 g/mol. The SMILES string of the molecule is CCOc1ccc(N(CC(=O)N(Cc2cccc(C)c2)C(C)C(=O)NC(C)(C)C)S(=O)(=O)c2ccc(Cl)cc2)cc1. The Kier molecular flexibility index (Phi) is 10.4. The zero-order valence-electron chi connectivity index (χ0n) is 24.3. The van der Waals surface area contributed by atoms with Crippen molar-refractivity contribution in [2.75, 3.05) is 17.5 Å². The number of aryl methyl sites for hydroxylation is 1. The molecule has 41 heavy (non-hydrogen) atoms. The van der Waals surface area contributed by atoms with Crippen molar-refractivity contribution in [1.82, 2.24) is 10.2 Å². The Hall–Kier alpha value is -3.56. The van der Waals surface area contributed by atoms with Crippen LogP contribution in [0.25, 0.3) is 0 Å². The molecule has 0 saturated heterocycles. The average Bonchev–Trinajstić information content (AvgIpc) is 2.90. The molecular weight excluding hydrogens is 562 g/mol. The van der Waals surface area contributed by atoms with Crippen LogP contribution in [0.5, 0.6) is 5.75 Å². The van der Waals surface area contributed by atoms with Crippen molar-refractivity contribution in [3.05, 3.63) is 88.9 Å². The van der Waals surface area contributed by atoms with Crippen molar-refractivity contribution in [2.45, 2.75) is 64.6 Å². The summed E-state index contributed by atoms with van der Waals surface area (Å²) in [5, 5.41) is 3.31. The van der Waals surface area contributed by atoms with E-state index in [0.29, 0.717) is 17.4 Å². The number of ether oxygens (including phenoxy) is 1. The van der Waals surface area contributed by atoms with Crippen LogP contribution < -0.4 is 14.4 Å². The van der Waals surface area contributed by atoms with E-state index in [1.54, 1.807) is 31.2 Å². The van der Waals surface area contributed by atoms with E-state index >= 15 is 0 Å². The Morgan fingerprint density at radius 1 is 1.00 bits per heavy atom. The fourth-order valence-electron chi connectivity index (χ4n) is 4.20. The molecule has 0 aromatic heterocycles. The summed E-state index contributed by atoms with van der Waals surface area (Å²) in [4.78, 5) is 28.6. The van der Waals surface area contributed by atoms with Crippen LogP contribution in [0.2, 0.25) is 5.02 Å². The number of nitrogens with one attached hydrogen (secondary N) is 1. The molecule has 10 heteroatoms. The Balaban J connectivity index is 2.04. The molecule has 0 aliphatic rings. The molecule has 0 saturated carbocycles. The number of hydrogen-bond donors (Lipinski definition) is 1. The van der Waals surface area contributed by atoms with Gasteiger partial charge in [0.2, 0.25) is 11.8 Å². The van der Waals surface area contributed by atoms with Gasteiger partial charge in [-0.3, -0.25) is 13.9 Å². The summed E-state index contributed by atoms with van der Waals surface area (Å²) < 4.78 is 34.4. The first-order chi connectivity index (χ1) is 19.2. The summed E-state index contributed by atoms with van der Waals surface area (Å²) >= 11 is 6.01. The van der Waals surface area contributed by atoms with E-state index in [4.69, 9.17) is 16.3 Å². The van der Waals surface area contributed by atoms with E-state index in [0.717, 1.165) is 15.4 Å². The summed E-state index contributed by atoms with van der Waals surface area (Å²) in [5.41, 5.74) is 1.58. The van der Waals surface area contributed by atoms with E-state index in [1.165, 1.54) is 29.2 Å². The average molecular weight is 600 g/mol. The molecule has 0 fully saturated rings. The molecular formula is C31H38ClN3O5S. The number of amides is 2. The molecule has 3 aromatic carbocycles. The Morgan fingerprint density at radius 3 is 2.20 bits per heavy atom. The quantitative estimate of drug-likeness (QED) is 0.311. The van der Waals surface area contributed by atoms with Gasteiger partial charge >= 0.3 is 0 Å². The number of carbonyl (C=O) groups is 2. The van der Waals surface area contributed by atoms with Gasteiger partial charge in [0.05, 0.1) is 17.2 Å². The molecule has 0 heterocycles. The van der Waals surface area contributed by atoms with Crippen LogP contribution >= 0.6 is 11.6 Å². The maximum absolute atomic E-state index is 14.0. The third-order valence-corrected chi connectivity index (χ3v) is 8.26. The predicted molar refractivity (Wildman–Crippen MR) is 163 cm³/mol. The van der Waals surface area contributed by atoms with Crippen LogP contribution in [-0.2, 0) is 26.2 Å². The molecule has 1 unspecified atom stereocenters. The van der Waals surface area contributed by atoms with Crippen molar-refractivity contribution in [1.29, 1.82) is 0 Å². The smallest absolute Gasteiger partial charge is 0.264 e. The van der Waals surface area contributed by atoms with E-state index in [1.807, 2.05) is 58.9 Å². The molecule has 1 N–H and O–H groups in total. The van der Waals surface area contributed by atoms with Gasteiger partial charge < -0.3 is 15.0 Å². The number of anilines is 1. The Bertz CT molecular complexity index is 1450. The van der Waals surface area contributed by atoms with Gasteiger partial charge in [0.1, 0.15) is 18.3 Å². The van der Waals surface area contributed by atoms with Crippen LogP contribution in [0.15, 0.2) is 77.7 Å². The number of halogens is 1. The minimum Gasteiger partial charge on any atom is -0.494 e. The molecule has 3 rings (SSSR count). The minimum atomic E-state index is -4.19. The lowest BCUT2D eigenvalue weighted by Crippen LogP contribution is -2.54. The third-order valence-electron chi connectivity index (χ3n) is 6.22. The largest absolute Gasteiger partial charge is 0.494 e. The predicted octanol–water partition coefficient (Wildman–Crippen LogP) is 5.57. The molecule has 0 aliphatic carbocycles. The highest BCUT2D eigenvalue weighted by Crippen LogP contribution is 2.27. The van der Waals surface area contributed by atoms with Gasteiger partial charge in [-0.1, -0.05) is 41.4 Å². The number of hydrogen-bond acceptors (Lipinski definition) is 5. The second kappa shape index (κ2) is 13.4. The van der Waals surface area contributed by atoms with Gasteiger partial charge in [-0.2, -0.15) is 0 Å². The lowest BCUT2D eigenvalue weighted by Gasteiger charge is -2.33. The summed E-state index contributed by atoms with van der Waals surface area (Å²) in [6.07, 6.45) is 0. The summed E-state index contributed by atoms with van der Waals surface area (Å²) in [5.74, 6) is -0.305. The molecule has 2 amide bonds. The highest BCUT2D eigenvalue weighted by Gasteiger charge is 2.33. The molecule has 0 radical (unpaired) electrons. The first-order valence-electron chi connectivity index (χ1n) is 13.4. The number of rotatable bonds is 11. The van der Waals surface area contributed by atoms with Gasteiger partial charge in [0, 0.05) is 17.1 Å². The molecule has 220 valence electrons.